The molecule has 0 aliphatic heterocycles. The molecule has 4 N–H and O–H groups in total. The first-order valence-corrected chi connectivity index (χ1v) is 14.4. The summed E-state index contributed by atoms with van der Waals surface area (Å²) in [7, 11) is -5.39. The van der Waals surface area contributed by atoms with Crippen LogP contribution in [0.4, 0.5) is 0 Å². The molecule has 0 aromatic heterocycles. The summed E-state index contributed by atoms with van der Waals surface area (Å²) in [6.45, 7) is 3.50. The van der Waals surface area contributed by atoms with Crippen molar-refractivity contribution in [2.45, 2.75) is 97.2 Å². The molecule has 0 aromatic carbocycles. The molecule has 196 valence electrons. The number of hydrogen-bond donors (Lipinski definition) is 4. The molecule has 0 saturated heterocycles. The molecule has 4 saturated carbocycles. The molecule has 4 fully saturated rings. The van der Waals surface area contributed by atoms with E-state index in [1.165, 1.54) is 0 Å². The average Bonchev–Trinajstić information content (AvgIpc) is 3.15. The van der Waals surface area contributed by atoms with Gasteiger partial charge in [-0.1, -0.05) is 20.8 Å². The Balaban J connectivity index is 1.41. The van der Waals surface area contributed by atoms with Crippen molar-refractivity contribution in [1.82, 2.24) is 5.32 Å². The van der Waals surface area contributed by atoms with Gasteiger partial charge < -0.3 is 15.5 Å². The van der Waals surface area contributed by atoms with Crippen LogP contribution in [0.3, 0.4) is 0 Å². The van der Waals surface area contributed by atoms with Crippen LogP contribution in [-0.4, -0.2) is 53.5 Å². The second-order valence-corrected chi connectivity index (χ2v) is 13.4. The predicted molar refractivity (Wildman–Crippen MR) is 130 cm³/mol. The number of fused-ring (bicyclic) bond motifs is 5. The highest BCUT2D eigenvalue weighted by Gasteiger charge is 2.62. The zero-order valence-electron chi connectivity index (χ0n) is 24.7. The molecule has 7 nitrogen and oxygen atoms in total. The predicted octanol–water partition coefficient (Wildman–Crippen LogP) is 3.40. The van der Waals surface area contributed by atoms with Crippen molar-refractivity contribution in [2.24, 2.45) is 46.3 Å². The Kier molecular flexibility index (Phi) is 6.06. The van der Waals surface area contributed by atoms with E-state index in [2.05, 4.69) is 20.8 Å². The van der Waals surface area contributed by atoms with E-state index in [1.54, 1.807) is 0 Å². The Morgan fingerprint density at radius 2 is 1.74 bits per heavy atom. The quantitative estimate of drug-likeness (QED) is 0.395. The molecule has 4 aliphatic carbocycles. The lowest BCUT2D eigenvalue weighted by molar-refractivity contribution is -0.172. The van der Waals surface area contributed by atoms with Crippen LogP contribution >= 0.6 is 0 Å². The molecule has 8 heteroatoms. The van der Waals surface area contributed by atoms with Gasteiger partial charge in [0.1, 0.15) is 0 Å². The number of amides is 1. The van der Waals surface area contributed by atoms with Crippen LogP contribution in [0.2, 0.25) is 0 Å². The average molecular weight is 504 g/mol. The lowest BCUT2D eigenvalue weighted by Crippen LogP contribution is -2.58. The summed E-state index contributed by atoms with van der Waals surface area (Å²) < 4.78 is 61.9. The smallest absolute Gasteiger partial charge is 0.266 e. The highest BCUT2D eigenvalue weighted by Crippen LogP contribution is 2.68. The second-order valence-electron chi connectivity index (χ2n) is 12.2. The maximum Gasteiger partial charge on any atom is 0.266 e. The van der Waals surface area contributed by atoms with Crippen LogP contribution in [0, 0.1) is 46.3 Å². The summed E-state index contributed by atoms with van der Waals surface area (Å²) >= 11 is 0. The Hall–Kier alpha value is -0.700. The molecule has 0 bridgehead atoms. The Morgan fingerprint density at radius 1 is 1.06 bits per heavy atom. The van der Waals surface area contributed by atoms with Crippen LogP contribution < -0.4 is 5.32 Å². The minimum Gasteiger partial charge on any atom is -0.393 e. The van der Waals surface area contributed by atoms with E-state index in [0.29, 0.717) is 36.5 Å². The Morgan fingerprint density at radius 3 is 2.44 bits per heavy atom. The number of carbonyl (C=O) groups excluding carboxylic acids is 1. The van der Waals surface area contributed by atoms with Gasteiger partial charge >= 0.3 is 0 Å². The largest absolute Gasteiger partial charge is 0.393 e. The van der Waals surface area contributed by atoms with E-state index in [0.717, 1.165) is 44.9 Å². The van der Waals surface area contributed by atoms with Gasteiger partial charge in [-0.2, -0.15) is 8.42 Å². The number of aliphatic hydroxyl groups excluding tert-OH is 2. The van der Waals surface area contributed by atoms with Gasteiger partial charge in [-0.3, -0.25) is 9.35 Å². The summed E-state index contributed by atoms with van der Waals surface area (Å²) in [6.07, 6.45) is 7.18. The van der Waals surface area contributed by atoms with Crippen LogP contribution in [0.1, 0.15) is 90.5 Å². The standard InChI is InChI=1S/C26H45NO6S/c1-16(4-7-24(30)27-12-13-34(31,32)33)19-5-6-20-18-15-23(29)22-14-17(28)8-10-26(22,3)21(18)9-11-25(19,20)2/h16-23,28-29H,4-15H2,1-3H3,(H,27,30)(H,31,32,33)/t16-,17-,18+,19-,20?,21+,22+,23+,25-,26-/m1/s1/i12D2,13D2. The van der Waals surface area contributed by atoms with Crippen molar-refractivity contribution in [3.05, 3.63) is 0 Å². The molecule has 0 spiro atoms. The van der Waals surface area contributed by atoms with E-state index >= 15 is 0 Å². The molecule has 1 amide bonds. The van der Waals surface area contributed by atoms with Gasteiger partial charge in [-0.05, 0) is 104 Å². The van der Waals surface area contributed by atoms with E-state index < -0.39 is 34.3 Å². The second kappa shape index (κ2) is 9.64. The zero-order chi connectivity index (χ0) is 28.5. The zero-order valence-corrected chi connectivity index (χ0v) is 21.5. The van der Waals surface area contributed by atoms with E-state index in [9.17, 15) is 23.4 Å². The van der Waals surface area contributed by atoms with Gasteiger partial charge in [0.25, 0.3) is 10.1 Å². The summed E-state index contributed by atoms with van der Waals surface area (Å²) in [5.41, 5.74) is -3.55. The van der Waals surface area contributed by atoms with Gasteiger partial charge in [0.05, 0.1) is 20.7 Å². The first-order chi connectivity index (χ1) is 17.3. The lowest BCUT2D eigenvalue weighted by atomic mass is 9.44. The molecule has 10 atom stereocenters. The fourth-order valence-electron chi connectivity index (χ4n) is 9.04. The summed E-state index contributed by atoms with van der Waals surface area (Å²) in [5.74, 6) is 1.33. The van der Waals surface area contributed by atoms with Crippen LogP contribution in [0.15, 0.2) is 0 Å². The van der Waals surface area contributed by atoms with E-state index in [4.69, 9.17) is 10.0 Å². The van der Waals surface area contributed by atoms with E-state index in [-0.39, 0.29) is 35.2 Å². The highest BCUT2D eigenvalue weighted by atomic mass is 32.2. The van der Waals surface area contributed by atoms with Crippen LogP contribution in [0.25, 0.3) is 0 Å². The molecule has 4 rings (SSSR count). The summed E-state index contributed by atoms with van der Waals surface area (Å²) in [4.78, 5) is 12.5. The molecular weight excluding hydrogens is 454 g/mol. The van der Waals surface area contributed by atoms with Crippen molar-refractivity contribution in [3.63, 3.8) is 0 Å². The minimum atomic E-state index is -5.39. The molecule has 1 unspecified atom stereocenters. The first-order valence-electron chi connectivity index (χ1n) is 15.0. The number of nitrogens with one attached hydrogen (secondary N) is 1. The molecule has 0 aromatic rings. The van der Waals surface area contributed by atoms with Crippen molar-refractivity contribution >= 4 is 16.0 Å². The topological polar surface area (TPSA) is 124 Å². The first kappa shape index (κ1) is 21.4. The van der Waals surface area contributed by atoms with Crippen molar-refractivity contribution in [3.8, 4) is 0 Å². The lowest BCUT2D eigenvalue weighted by Gasteiger charge is -2.62. The molecule has 34 heavy (non-hydrogen) atoms. The third-order valence-corrected chi connectivity index (χ3v) is 11.0. The summed E-state index contributed by atoms with van der Waals surface area (Å²) in [6, 6.07) is 0. The fourth-order valence-corrected chi connectivity index (χ4v) is 9.22. The fraction of sp³-hybridized carbons (Fsp3) is 0.962. The van der Waals surface area contributed by atoms with Crippen LogP contribution in [-0.2, 0) is 14.9 Å². The van der Waals surface area contributed by atoms with Gasteiger partial charge in [0.2, 0.25) is 5.91 Å². The number of aliphatic hydroxyl groups is 2. The third kappa shape index (κ3) is 4.94. The number of hydrogen-bond acceptors (Lipinski definition) is 5. The van der Waals surface area contributed by atoms with E-state index in [1.807, 2.05) is 5.32 Å². The minimum absolute atomic E-state index is 0.0523. The van der Waals surface area contributed by atoms with Gasteiger partial charge in [0, 0.05) is 15.7 Å². The van der Waals surface area contributed by atoms with Gasteiger partial charge in [-0.15, -0.1) is 0 Å². The SMILES string of the molecule is [2H]C([2H])(NC(=O)CC[C@@H](C)[C@H]1CCC2[C@@H]3C[C@H](O)[C@@H]4C[C@H](O)CC[C@]4(C)[C@H]3CC[C@@]21C)C([2H])([2H])S(=O)(=O)O. The monoisotopic (exact) mass is 503 g/mol. The van der Waals surface area contributed by atoms with Crippen LogP contribution in [0.5, 0.6) is 0 Å². The summed E-state index contributed by atoms with van der Waals surface area (Å²) in [5, 5.41) is 23.3. The molecule has 0 heterocycles. The number of carbonyl (C=O) groups is 1. The van der Waals surface area contributed by atoms with Crippen molar-refractivity contribution in [1.29, 1.82) is 0 Å². The Bertz CT molecular complexity index is 1030. The number of rotatable bonds is 7. The molecular formula is C26H45NO6S. The van der Waals surface area contributed by atoms with Gasteiger partial charge in [-0.25, -0.2) is 0 Å². The Labute approximate surface area is 210 Å². The van der Waals surface area contributed by atoms with Gasteiger partial charge in [0.15, 0.2) is 0 Å². The maximum atomic E-state index is 12.5. The highest BCUT2D eigenvalue weighted by molar-refractivity contribution is 7.85. The molecule has 0 radical (unpaired) electrons. The van der Waals surface area contributed by atoms with Crippen molar-refractivity contribution in [2.75, 3.05) is 12.2 Å². The normalized spacial score (nSPS) is 47.6. The maximum absolute atomic E-state index is 12.5. The molecule has 4 aliphatic rings. The van der Waals surface area contributed by atoms with Crippen molar-refractivity contribution < 1.29 is 33.5 Å². The third-order valence-electron chi connectivity index (χ3n) is 10.6.